The van der Waals surface area contributed by atoms with Crippen LogP contribution >= 0.6 is 47.4 Å². The second-order valence-electron chi connectivity index (χ2n) is 3.31. The van der Waals surface area contributed by atoms with E-state index in [-0.39, 0.29) is 12.4 Å². The molecule has 0 spiro atoms. The quantitative estimate of drug-likeness (QED) is 0.885. The van der Waals surface area contributed by atoms with Crippen molar-refractivity contribution in [1.29, 1.82) is 0 Å². The van der Waals surface area contributed by atoms with Crippen LogP contribution in [0.15, 0.2) is 23.1 Å². The normalized spacial score (nSPS) is 20.0. The summed E-state index contributed by atoms with van der Waals surface area (Å²) in [5, 5.41) is 5.28. The van der Waals surface area contributed by atoms with Gasteiger partial charge in [-0.3, -0.25) is 0 Å². The Kier molecular flexibility index (Phi) is 5.58. The lowest BCUT2D eigenvalue weighted by Crippen LogP contribution is -2.09. The molecule has 0 radical (unpaired) electrons. The summed E-state index contributed by atoms with van der Waals surface area (Å²) in [7, 11) is 0. The van der Waals surface area contributed by atoms with Crippen molar-refractivity contribution in [2.24, 2.45) is 0 Å². The average Bonchev–Trinajstić information content (AvgIpc) is 2.64. The SMILES string of the molecule is Cl.Clc1ccc(SC2CCNC2)cc1Cl. The molecule has 1 heterocycles. The number of rotatable bonds is 2. The van der Waals surface area contributed by atoms with E-state index in [2.05, 4.69) is 5.32 Å². The fourth-order valence-electron chi connectivity index (χ4n) is 1.47. The van der Waals surface area contributed by atoms with Gasteiger partial charge >= 0.3 is 0 Å². The predicted octanol–water partition coefficient (Wildman–Crippen LogP) is 3.87. The van der Waals surface area contributed by atoms with E-state index >= 15 is 0 Å². The van der Waals surface area contributed by atoms with Crippen molar-refractivity contribution in [1.82, 2.24) is 5.32 Å². The van der Waals surface area contributed by atoms with Gasteiger partial charge in [0.2, 0.25) is 0 Å². The summed E-state index contributed by atoms with van der Waals surface area (Å²) in [4.78, 5) is 1.20. The average molecular weight is 285 g/mol. The molecule has 1 aromatic rings. The van der Waals surface area contributed by atoms with E-state index in [1.54, 1.807) is 0 Å². The Hall–Kier alpha value is 0.400. The smallest absolute Gasteiger partial charge is 0.0603 e. The summed E-state index contributed by atoms with van der Waals surface area (Å²) in [6.45, 7) is 2.21. The van der Waals surface area contributed by atoms with E-state index in [4.69, 9.17) is 23.2 Å². The number of nitrogens with one attached hydrogen (secondary N) is 1. The largest absolute Gasteiger partial charge is 0.316 e. The van der Waals surface area contributed by atoms with Crippen molar-refractivity contribution >= 4 is 47.4 Å². The summed E-state index contributed by atoms with van der Waals surface area (Å²) < 4.78 is 0. The molecule has 1 atom stereocenters. The summed E-state index contributed by atoms with van der Waals surface area (Å²) >= 11 is 13.7. The highest BCUT2D eigenvalue weighted by molar-refractivity contribution is 8.00. The molecular weight excluding hydrogens is 273 g/mol. The maximum atomic E-state index is 5.94. The number of hydrogen-bond acceptors (Lipinski definition) is 2. The molecule has 1 N–H and O–H groups in total. The summed E-state index contributed by atoms with van der Waals surface area (Å²) in [6, 6.07) is 5.82. The Morgan fingerprint density at radius 3 is 2.67 bits per heavy atom. The van der Waals surface area contributed by atoms with Gasteiger partial charge in [0.15, 0.2) is 0 Å². The molecule has 1 aromatic carbocycles. The minimum Gasteiger partial charge on any atom is -0.316 e. The first kappa shape index (κ1) is 13.5. The molecule has 1 fully saturated rings. The van der Waals surface area contributed by atoms with Gasteiger partial charge in [-0.15, -0.1) is 24.2 Å². The first-order valence-electron chi connectivity index (χ1n) is 4.58. The van der Waals surface area contributed by atoms with Crippen LogP contribution in [0.4, 0.5) is 0 Å². The monoisotopic (exact) mass is 283 g/mol. The zero-order chi connectivity index (χ0) is 9.97. The van der Waals surface area contributed by atoms with E-state index in [1.807, 2.05) is 30.0 Å². The molecule has 2 rings (SSSR count). The van der Waals surface area contributed by atoms with Crippen molar-refractivity contribution in [2.45, 2.75) is 16.6 Å². The van der Waals surface area contributed by atoms with Crippen molar-refractivity contribution in [3.8, 4) is 0 Å². The Morgan fingerprint density at radius 2 is 2.07 bits per heavy atom. The van der Waals surface area contributed by atoms with E-state index in [0.29, 0.717) is 15.3 Å². The first-order chi connectivity index (χ1) is 6.75. The lowest BCUT2D eigenvalue weighted by molar-refractivity contribution is 0.858. The van der Waals surface area contributed by atoms with Crippen LogP contribution in [0.1, 0.15) is 6.42 Å². The molecule has 1 aliphatic heterocycles. The molecule has 1 nitrogen and oxygen atoms in total. The van der Waals surface area contributed by atoms with Gasteiger partial charge in [0, 0.05) is 16.7 Å². The van der Waals surface area contributed by atoms with Crippen LogP contribution in [0.5, 0.6) is 0 Å². The molecule has 1 unspecified atom stereocenters. The molecule has 0 aliphatic carbocycles. The molecule has 0 amide bonds. The van der Waals surface area contributed by atoms with Crippen molar-refractivity contribution in [2.75, 3.05) is 13.1 Å². The van der Waals surface area contributed by atoms with E-state index in [1.165, 1.54) is 11.3 Å². The Morgan fingerprint density at radius 1 is 1.27 bits per heavy atom. The van der Waals surface area contributed by atoms with Crippen LogP contribution in [0, 0.1) is 0 Å². The minimum absolute atomic E-state index is 0. The van der Waals surface area contributed by atoms with Gasteiger partial charge in [0.05, 0.1) is 10.0 Å². The van der Waals surface area contributed by atoms with Crippen LogP contribution in [-0.4, -0.2) is 18.3 Å². The van der Waals surface area contributed by atoms with Crippen molar-refractivity contribution in [3.05, 3.63) is 28.2 Å². The third-order valence-corrected chi connectivity index (χ3v) is 4.21. The standard InChI is InChI=1S/C10H11Cl2NS.ClH/c11-9-2-1-7(5-10(9)12)14-8-3-4-13-6-8;/h1-2,5,8,13H,3-4,6H2;1H. The van der Waals surface area contributed by atoms with Crippen molar-refractivity contribution in [3.63, 3.8) is 0 Å². The molecule has 0 saturated carbocycles. The second-order valence-corrected chi connectivity index (χ2v) is 5.50. The van der Waals surface area contributed by atoms with Gasteiger partial charge in [-0.1, -0.05) is 23.2 Å². The van der Waals surface area contributed by atoms with E-state index in [0.717, 1.165) is 13.1 Å². The zero-order valence-corrected chi connectivity index (χ0v) is 11.1. The van der Waals surface area contributed by atoms with Gasteiger partial charge in [0.1, 0.15) is 0 Å². The number of hydrogen-bond donors (Lipinski definition) is 1. The molecule has 5 heteroatoms. The summed E-state index contributed by atoms with van der Waals surface area (Å²) in [5.41, 5.74) is 0. The van der Waals surface area contributed by atoms with Gasteiger partial charge in [-0.2, -0.15) is 0 Å². The predicted molar refractivity (Wildman–Crippen MR) is 70.8 cm³/mol. The molecule has 1 aliphatic rings. The number of benzene rings is 1. The third kappa shape index (κ3) is 3.72. The molecule has 1 saturated heterocycles. The van der Waals surface area contributed by atoms with Gasteiger partial charge in [0.25, 0.3) is 0 Å². The van der Waals surface area contributed by atoms with E-state index in [9.17, 15) is 0 Å². The lowest BCUT2D eigenvalue weighted by Gasteiger charge is -2.08. The minimum atomic E-state index is 0. The van der Waals surface area contributed by atoms with E-state index < -0.39 is 0 Å². The first-order valence-corrected chi connectivity index (χ1v) is 6.22. The number of thioether (sulfide) groups is 1. The maximum absolute atomic E-state index is 5.94. The second kappa shape index (κ2) is 6.21. The Labute approximate surface area is 110 Å². The van der Waals surface area contributed by atoms with Crippen LogP contribution in [0.3, 0.4) is 0 Å². The fourth-order valence-corrected chi connectivity index (χ4v) is 2.99. The molecule has 15 heavy (non-hydrogen) atoms. The molecule has 0 bridgehead atoms. The summed E-state index contributed by atoms with van der Waals surface area (Å²) in [5.74, 6) is 0. The van der Waals surface area contributed by atoms with Crippen LogP contribution in [0.25, 0.3) is 0 Å². The summed E-state index contributed by atoms with van der Waals surface area (Å²) in [6.07, 6.45) is 1.23. The molecular formula is C10H12Cl3NS. The van der Waals surface area contributed by atoms with Crippen LogP contribution in [-0.2, 0) is 0 Å². The van der Waals surface area contributed by atoms with Crippen LogP contribution < -0.4 is 5.32 Å². The van der Waals surface area contributed by atoms with Gasteiger partial charge < -0.3 is 5.32 Å². The third-order valence-electron chi connectivity index (χ3n) is 2.21. The zero-order valence-electron chi connectivity index (χ0n) is 8.00. The Bertz CT molecular complexity index is 326. The topological polar surface area (TPSA) is 12.0 Å². The highest BCUT2D eigenvalue weighted by Gasteiger charge is 2.15. The van der Waals surface area contributed by atoms with Crippen LogP contribution in [0.2, 0.25) is 10.0 Å². The molecule has 0 aromatic heterocycles. The van der Waals surface area contributed by atoms with Crippen molar-refractivity contribution < 1.29 is 0 Å². The Balaban J connectivity index is 0.00000112. The molecule has 84 valence electrons. The van der Waals surface area contributed by atoms with Gasteiger partial charge in [-0.25, -0.2) is 0 Å². The highest BCUT2D eigenvalue weighted by Crippen LogP contribution is 2.31. The fraction of sp³-hybridized carbons (Fsp3) is 0.400. The lowest BCUT2D eigenvalue weighted by atomic mass is 10.4. The maximum Gasteiger partial charge on any atom is 0.0603 e. The highest BCUT2D eigenvalue weighted by atomic mass is 35.5. The van der Waals surface area contributed by atoms with Gasteiger partial charge in [-0.05, 0) is 31.2 Å². The number of halogens is 3.